The zero-order chi connectivity index (χ0) is 23.2. The number of carboxylic acid groups (broad SMARTS) is 1. The first-order chi connectivity index (χ1) is 16.0. The maximum Gasteiger partial charge on any atom is 0.330 e. The molecule has 0 spiro atoms. The lowest BCUT2D eigenvalue weighted by molar-refractivity contribution is -0.143. The van der Waals surface area contributed by atoms with Gasteiger partial charge in [0, 0.05) is 19.0 Å². The Balaban J connectivity index is 1.22. The lowest BCUT2D eigenvalue weighted by atomic mass is 9.81. The minimum Gasteiger partial charge on any atom is -0.479 e. The topological polar surface area (TPSA) is 108 Å². The second kappa shape index (κ2) is 10.6. The molecule has 33 heavy (non-hydrogen) atoms. The number of rotatable bonds is 7. The van der Waals surface area contributed by atoms with Crippen LogP contribution in [0.1, 0.15) is 48.4 Å². The molecule has 2 aliphatic rings. The first-order valence-electron chi connectivity index (χ1n) is 11.7. The molecule has 0 unspecified atom stereocenters. The molecule has 0 radical (unpaired) electrons. The standard InChI is InChI=1S/C26H31N3O4/c30-24(29-23(26(32)33)18-6-2-1-3-7-18)19-12-10-17(11-13-19)15-28-25(31)22-14-20-8-4-5-9-21(20)16-27-22/h1-9,17,19,22-23,27H,10-16H2,(H,28,31)(H,29,30)(H,32,33)/t17?,19?,22-,23-/m0/s1. The first-order valence-corrected chi connectivity index (χ1v) is 11.7. The second-order valence-corrected chi connectivity index (χ2v) is 9.06. The van der Waals surface area contributed by atoms with Crippen LogP contribution in [0.15, 0.2) is 54.6 Å². The van der Waals surface area contributed by atoms with Gasteiger partial charge in [-0.3, -0.25) is 9.59 Å². The first kappa shape index (κ1) is 23.0. The number of benzene rings is 2. The molecule has 4 rings (SSSR count). The van der Waals surface area contributed by atoms with Crippen LogP contribution in [-0.4, -0.2) is 35.5 Å². The zero-order valence-corrected chi connectivity index (χ0v) is 18.6. The van der Waals surface area contributed by atoms with Gasteiger partial charge in [0.25, 0.3) is 0 Å². The largest absolute Gasteiger partial charge is 0.479 e. The summed E-state index contributed by atoms with van der Waals surface area (Å²) in [6.45, 7) is 1.31. The number of nitrogens with one attached hydrogen (secondary N) is 3. The number of carboxylic acids is 1. The minimum absolute atomic E-state index is 0.0246. The summed E-state index contributed by atoms with van der Waals surface area (Å²) in [6, 6.07) is 15.7. The Labute approximate surface area is 194 Å². The van der Waals surface area contributed by atoms with Gasteiger partial charge in [-0.15, -0.1) is 0 Å². The zero-order valence-electron chi connectivity index (χ0n) is 18.6. The molecule has 1 saturated carbocycles. The van der Waals surface area contributed by atoms with E-state index >= 15 is 0 Å². The van der Waals surface area contributed by atoms with Gasteiger partial charge in [0.2, 0.25) is 11.8 Å². The number of aliphatic carboxylic acids is 1. The van der Waals surface area contributed by atoms with E-state index in [1.165, 1.54) is 11.1 Å². The predicted octanol–water partition coefficient (Wildman–Crippen LogP) is 2.57. The number of hydrogen-bond donors (Lipinski definition) is 4. The van der Waals surface area contributed by atoms with Crippen LogP contribution in [0.25, 0.3) is 0 Å². The molecule has 0 aromatic heterocycles. The van der Waals surface area contributed by atoms with Crippen molar-refractivity contribution in [3.63, 3.8) is 0 Å². The van der Waals surface area contributed by atoms with Crippen molar-refractivity contribution < 1.29 is 19.5 Å². The second-order valence-electron chi connectivity index (χ2n) is 9.06. The van der Waals surface area contributed by atoms with E-state index in [4.69, 9.17) is 0 Å². The summed E-state index contributed by atoms with van der Waals surface area (Å²) in [4.78, 5) is 37.0. The van der Waals surface area contributed by atoms with Crippen molar-refractivity contribution in [1.82, 2.24) is 16.0 Å². The molecule has 4 N–H and O–H groups in total. The van der Waals surface area contributed by atoms with Gasteiger partial charge in [-0.2, -0.15) is 0 Å². The van der Waals surface area contributed by atoms with Crippen molar-refractivity contribution in [1.29, 1.82) is 0 Å². The van der Waals surface area contributed by atoms with Crippen LogP contribution in [-0.2, 0) is 27.3 Å². The molecule has 174 valence electrons. The Kier molecular flexibility index (Phi) is 7.40. The Hall–Kier alpha value is -3.19. The van der Waals surface area contributed by atoms with Crippen molar-refractivity contribution in [2.24, 2.45) is 11.8 Å². The average molecular weight is 450 g/mol. The van der Waals surface area contributed by atoms with Crippen LogP contribution >= 0.6 is 0 Å². The lowest BCUT2D eigenvalue weighted by Crippen LogP contribution is -2.48. The number of carbonyl (C=O) groups is 3. The number of hydrogen-bond acceptors (Lipinski definition) is 4. The highest BCUT2D eigenvalue weighted by Crippen LogP contribution is 2.29. The molecular weight excluding hydrogens is 418 g/mol. The highest BCUT2D eigenvalue weighted by Gasteiger charge is 2.31. The van der Waals surface area contributed by atoms with Crippen LogP contribution in [0.2, 0.25) is 0 Å². The predicted molar refractivity (Wildman–Crippen MR) is 124 cm³/mol. The van der Waals surface area contributed by atoms with Crippen LogP contribution in [0.3, 0.4) is 0 Å². The van der Waals surface area contributed by atoms with Gasteiger partial charge in [0.05, 0.1) is 6.04 Å². The quantitative estimate of drug-likeness (QED) is 0.520. The van der Waals surface area contributed by atoms with E-state index in [-0.39, 0.29) is 23.8 Å². The van der Waals surface area contributed by atoms with E-state index in [9.17, 15) is 19.5 Å². The van der Waals surface area contributed by atoms with E-state index in [1.807, 2.05) is 18.2 Å². The normalized spacial score (nSPS) is 23.1. The molecule has 0 bridgehead atoms. The van der Waals surface area contributed by atoms with Gasteiger partial charge in [-0.1, -0.05) is 54.6 Å². The molecule has 2 atom stereocenters. The molecule has 2 aromatic rings. The molecule has 0 saturated heterocycles. The Morgan fingerprint density at radius 2 is 1.58 bits per heavy atom. The van der Waals surface area contributed by atoms with Crippen molar-refractivity contribution >= 4 is 17.8 Å². The summed E-state index contributed by atoms with van der Waals surface area (Å²) in [5.41, 5.74) is 3.03. The SMILES string of the molecule is O=C(N[C@H](C(=O)O)c1ccccc1)C1CCC(CNC(=O)[C@@H]2Cc3ccccc3CN2)CC1. The summed E-state index contributed by atoms with van der Waals surface area (Å²) in [7, 11) is 0. The molecule has 2 aromatic carbocycles. The highest BCUT2D eigenvalue weighted by molar-refractivity contribution is 5.86. The monoisotopic (exact) mass is 449 g/mol. The van der Waals surface area contributed by atoms with Gasteiger partial charge < -0.3 is 21.1 Å². The average Bonchev–Trinajstić information content (AvgIpc) is 2.86. The number of fused-ring (bicyclic) bond motifs is 1. The fourth-order valence-corrected chi connectivity index (χ4v) is 4.83. The fraction of sp³-hybridized carbons (Fsp3) is 0.423. The van der Waals surface area contributed by atoms with E-state index in [1.54, 1.807) is 24.3 Å². The summed E-state index contributed by atoms with van der Waals surface area (Å²) in [5, 5.41) is 18.6. The highest BCUT2D eigenvalue weighted by atomic mass is 16.4. The third-order valence-corrected chi connectivity index (χ3v) is 6.85. The summed E-state index contributed by atoms with van der Waals surface area (Å²) >= 11 is 0. The van der Waals surface area contributed by atoms with Gasteiger partial charge in [-0.05, 0) is 54.7 Å². The third kappa shape index (κ3) is 5.79. The number of amides is 2. The molecule has 2 amide bonds. The molecule has 7 nitrogen and oxygen atoms in total. The van der Waals surface area contributed by atoms with Crippen molar-refractivity contribution in [3.05, 3.63) is 71.3 Å². The maximum absolute atomic E-state index is 12.7. The van der Waals surface area contributed by atoms with Crippen molar-refractivity contribution in [2.75, 3.05) is 6.54 Å². The third-order valence-electron chi connectivity index (χ3n) is 6.85. The van der Waals surface area contributed by atoms with E-state index < -0.39 is 12.0 Å². The fourth-order valence-electron chi connectivity index (χ4n) is 4.83. The Morgan fingerprint density at radius 1 is 0.909 bits per heavy atom. The number of carbonyl (C=O) groups excluding carboxylic acids is 2. The minimum atomic E-state index is -1.06. The summed E-state index contributed by atoms with van der Waals surface area (Å²) in [6.07, 6.45) is 3.76. The smallest absolute Gasteiger partial charge is 0.330 e. The van der Waals surface area contributed by atoms with E-state index in [2.05, 4.69) is 28.1 Å². The van der Waals surface area contributed by atoms with Crippen LogP contribution in [0, 0.1) is 11.8 Å². The van der Waals surface area contributed by atoms with Crippen LogP contribution in [0.4, 0.5) is 0 Å². The van der Waals surface area contributed by atoms with Crippen LogP contribution < -0.4 is 16.0 Å². The Morgan fingerprint density at radius 3 is 2.27 bits per heavy atom. The van der Waals surface area contributed by atoms with Crippen LogP contribution in [0.5, 0.6) is 0 Å². The molecular formula is C26H31N3O4. The van der Waals surface area contributed by atoms with Gasteiger partial charge in [0.1, 0.15) is 0 Å². The van der Waals surface area contributed by atoms with Gasteiger partial charge >= 0.3 is 5.97 Å². The molecule has 1 fully saturated rings. The Bertz CT molecular complexity index is 986. The van der Waals surface area contributed by atoms with Gasteiger partial charge in [0.15, 0.2) is 6.04 Å². The molecule has 1 heterocycles. The molecule has 7 heteroatoms. The van der Waals surface area contributed by atoms with Gasteiger partial charge in [-0.25, -0.2) is 4.79 Å². The summed E-state index contributed by atoms with van der Waals surface area (Å²) < 4.78 is 0. The maximum atomic E-state index is 12.7. The molecule has 1 aliphatic carbocycles. The van der Waals surface area contributed by atoms with E-state index in [0.717, 1.165) is 12.8 Å². The molecule has 1 aliphatic heterocycles. The lowest BCUT2D eigenvalue weighted by Gasteiger charge is -2.30. The van der Waals surface area contributed by atoms with E-state index in [0.29, 0.717) is 43.8 Å². The summed E-state index contributed by atoms with van der Waals surface area (Å²) in [5.74, 6) is -1.11. The van der Waals surface area contributed by atoms with Crippen molar-refractivity contribution in [3.8, 4) is 0 Å². The van der Waals surface area contributed by atoms with Crippen molar-refractivity contribution in [2.45, 2.75) is 50.7 Å².